The summed E-state index contributed by atoms with van der Waals surface area (Å²) in [6, 6.07) is 8.46. The minimum absolute atomic E-state index is 0.274. The van der Waals surface area contributed by atoms with Gasteiger partial charge < -0.3 is 5.11 Å². The number of aryl methyl sites for hydroxylation is 1. The Morgan fingerprint density at radius 3 is 2.75 bits per heavy atom. The molecule has 2 rings (SSSR count). The lowest BCUT2D eigenvalue weighted by Crippen LogP contribution is -2.11. The Morgan fingerprint density at radius 1 is 1.38 bits per heavy atom. The van der Waals surface area contributed by atoms with Crippen molar-refractivity contribution >= 4 is 0 Å². The third kappa shape index (κ3) is 2.65. The highest BCUT2D eigenvalue weighted by Gasteiger charge is 2.33. The highest BCUT2D eigenvalue weighted by molar-refractivity contribution is 5.26. The maximum atomic E-state index is 10.3. The second-order valence-corrected chi connectivity index (χ2v) is 5.14. The minimum Gasteiger partial charge on any atom is -0.388 e. The van der Waals surface area contributed by atoms with Crippen molar-refractivity contribution in [1.82, 2.24) is 0 Å². The molecule has 1 aromatic rings. The van der Waals surface area contributed by atoms with Gasteiger partial charge >= 0.3 is 0 Å². The summed E-state index contributed by atoms with van der Waals surface area (Å²) in [5, 5.41) is 10.3. The Morgan fingerprint density at radius 2 is 2.12 bits per heavy atom. The molecule has 0 spiro atoms. The van der Waals surface area contributed by atoms with Crippen LogP contribution in [0.15, 0.2) is 24.3 Å². The van der Waals surface area contributed by atoms with Crippen LogP contribution in [0.25, 0.3) is 0 Å². The van der Waals surface area contributed by atoms with Crippen molar-refractivity contribution in [3.8, 4) is 0 Å². The van der Waals surface area contributed by atoms with Gasteiger partial charge in [0.05, 0.1) is 6.10 Å². The molecule has 2 unspecified atom stereocenters. The third-order valence-corrected chi connectivity index (χ3v) is 3.69. The zero-order valence-electron chi connectivity index (χ0n) is 10.3. The molecule has 88 valence electrons. The van der Waals surface area contributed by atoms with Crippen LogP contribution in [0.3, 0.4) is 0 Å². The van der Waals surface area contributed by atoms with Gasteiger partial charge in [0, 0.05) is 0 Å². The molecule has 0 aliphatic heterocycles. The van der Waals surface area contributed by atoms with E-state index in [9.17, 15) is 5.11 Å². The van der Waals surface area contributed by atoms with Gasteiger partial charge in [-0.25, -0.2) is 0 Å². The molecule has 1 saturated carbocycles. The molecule has 0 bridgehead atoms. The van der Waals surface area contributed by atoms with Crippen LogP contribution in [-0.2, 0) is 6.42 Å². The first-order valence-corrected chi connectivity index (χ1v) is 6.49. The summed E-state index contributed by atoms with van der Waals surface area (Å²) in [7, 11) is 0. The van der Waals surface area contributed by atoms with Crippen LogP contribution in [0.1, 0.15) is 50.3 Å². The maximum absolute atomic E-state index is 10.3. The number of hydrogen-bond acceptors (Lipinski definition) is 1. The molecule has 0 amide bonds. The van der Waals surface area contributed by atoms with E-state index in [2.05, 4.69) is 38.1 Å². The number of rotatable bonds is 5. The van der Waals surface area contributed by atoms with E-state index in [1.165, 1.54) is 18.4 Å². The molecular formula is C15H22O. The summed E-state index contributed by atoms with van der Waals surface area (Å²) < 4.78 is 0. The summed E-state index contributed by atoms with van der Waals surface area (Å²) in [6.07, 6.45) is 4.60. The average Bonchev–Trinajstić information content (AvgIpc) is 3.12. The SMILES string of the molecule is CCCc1cccc(C(O)C(C)C2CC2)c1. The molecule has 1 aliphatic rings. The first-order chi connectivity index (χ1) is 7.72. The largest absolute Gasteiger partial charge is 0.388 e. The highest BCUT2D eigenvalue weighted by Crippen LogP contribution is 2.42. The summed E-state index contributed by atoms with van der Waals surface area (Å²) in [4.78, 5) is 0. The van der Waals surface area contributed by atoms with Gasteiger partial charge in [-0.1, -0.05) is 44.5 Å². The van der Waals surface area contributed by atoms with Crippen LogP contribution in [0, 0.1) is 11.8 Å². The maximum Gasteiger partial charge on any atom is 0.0818 e. The van der Waals surface area contributed by atoms with Crippen molar-refractivity contribution in [2.75, 3.05) is 0 Å². The van der Waals surface area contributed by atoms with Crippen molar-refractivity contribution < 1.29 is 5.11 Å². The lowest BCUT2D eigenvalue weighted by molar-refractivity contribution is 0.106. The Bertz CT molecular complexity index is 341. The van der Waals surface area contributed by atoms with Crippen LogP contribution in [0.5, 0.6) is 0 Å². The molecule has 0 saturated heterocycles. The van der Waals surface area contributed by atoms with E-state index in [0.717, 1.165) is 24.3 Å². The number of aliphatic hydroxyl groups is 1. The smallest absolute Gasteiger partial charge is 0.0818 e. The van der Waals surface area contributed by atoms with Crippen molar-refractivity contribution in [1.29, 1.82) is 0 Å². The second-order valence-electron chi connectivity index (χ2n) is 5.14. The van der Waals surface area contributed by atoms with Gasteiger partial charge in [0.25, 0.3) is 0 Å². The Balaban J connectivity index is 2.09. The molecular weight excluding hydrogens is 196 g/mol. The molecule has 1 aromatic carbocycles. The molecule has 0 heterocycles. The average molecular weight is 218 g/mol. The summed E-state index contributed by atoms with van der Waals surface area (Å²) in [5.74, 6) is 1.17. The van der Waals surface area contributed by atoms with E-state index < -0.39 is 0 Å². The second kappa shape index (κ2) is 5.01. The minimum atomic E-state index is -0.274. The van der Waals surface area contributed by atoms with Gasteiger partial charge in [0.1, 0.15) is 0 Å². The Hall–Kier alpha value is -0.820. The fraction of sp³-hybridized carbons (Fsp3) is 0.600. The fourth-order valence-corrected chi connectivity index (χ4v) is 2.40. The predicted molar refractivity (Wildman–Crippen MR) is 67.3 cm³/mol. The molecule has 1 heteroatoms. The van der Waals surface area contributed by atoms with Crippen molar-refractivity contribution in [2.24, 2.45) is 11.8 Å². The molecule has 0 radical (unpaired) electrons. The van der Waals surface area contributed by atoms with Gasteiger partial charge in [0.2, 0.25) is 0 Å². The van der Waals surface area contributed by atoms with Crippen molar-refractivity contribution in [2.45, 2.75) is 45.6 Å². The Labute approximate surface area is 98.5 Å². The van der Waals surface area contributed by atoms with Gasteiger partial charge in [0.15, 0.2) is 0 Å². The van der Waals surface area contributed by atoms with Crippen molar-refractivity contribution in [3.63, 3.8) is 0 Å². The standard InChI is InChI=1S/C15H22O/c1-3-5-12-6-4-7-14(10-12)15(16)11(2)13-8-9-13/h4,6-7,10-11,13,15-16H,3,5,8-9H2,1-2H3. The molecule has 2 atom stereocenters. The highest BCUT2D eigenvalue weighted by atomic mass is 16.3. The van der Waals surface area contributed by atoms with Gasteiger partial charge in [-0.15, -0.1) is 0 Å². The van der Waals surface area contributed by atoms with Crippen LogP contribution < -0.4 is 0 Å². The fourth-order valence-electron chi connectivity index (χ4n) is 2.40. The zero-order chi connectivity index (χ0) is 11.5. The van der Waals surface area contributed by atoms with Gasteiger partial charge in [-0.3, -0.25) is 0 Å². The Kier molecular flexibility index (Phi) is 3.65. The molecule has 1 aliphatic carbocycles. The predicted octanol–water partition coefficient (Wildman–Crippen LogP) is 3.72. The number of aliphatic hydroxyl groups excluding tert-OH is 1. The quantitative estimate of drug-likeness (QED) is 0.798. The first kappa shape index (κ1) is 11.7. The van der Waals surface area contributed by atoms with E-state index in [4.69, 9.17) is 0 Å². The molecule has 1 N–H and O–H groups in total. The van der Waals surface area contributed by atoms with Crippen LogP contribution in [0.4, 0.5) is 0 Å². The summed E-state index contributed by atoms with van der Waals surface area (Å²) in [6.45, 7) is 4.37. The lowest BCUT2D eigenvalue weighted by atomic mass is 9.92. The van der Waals surface area contributed by atoms with Crippen molar-refractivity contribution in [3.05, 3.63) is 35.4 Å². The summed E-state index contributed by atoms with van der Waals surface area (Å²) >= 11 is 0. The number of hydrogen-bond donors (Lipinski definition) is 1. The van der Waals surface area contributed by atoms with E-state index in [1.54, 1.807) is 0 Å². The first-order valence-electron chi connectivity index (χ1n) is 6.49. The zero-order valence-corrected chi connectivity index (χ0v) is 10.3. The van der Waals surface area contributed by atoms with Gasteiger partial charge in [-0.05, 0) is 42.2 Å². The van der Waals surface area contributed by atoms with Crippen LogP contribution in [-0.4, -0.2) is 5.11 Å². The molecule has 1 nitrogen and oxygen atoms in total. The monoisotopic (exact) mass is 218 g/mol. The third-order valence-electron chi connectivity index (χ3n) is 3.69. The molecule has 1 fully saturated rings. The molecule has 16 heavy (non-hydrogen) atoms. The number of benzene rings is 1. The van der Waals surface area contributed by atoms with E-state index >= 15 is 0 Å². The van der Waals surface area contributed by atoms with Gasteiger partial charge in [-0.2, -0.15) is 0 Å². The van der Waals surface area contributed by atoms with E-state index in [-0.39, 0.29) is 6.10 Å². The lowest BCUT2D eigenvalue weighted by Gasteiger charge is -2.19. The topological polar surface area (TPSA) is 20.2 Å². The van der Waals surface area contributed by atoms with E-state index in [0.29, 0.717) is 5.92 Å². The van der Waals surface area contributed by atoms with Crippen LogP contribution >= 0.6 is 0 Å². The van der Waals surface area contributed by atoms with E-state index in [1.807, 2.05) is 0 Å². The molecule has 0 aromatic heterocycles. The summed E-state index contributed by atoms with van der Waals surface area (Å²) in [5.41, 5.74) is 2.45. The van der Waals surface area contributed by atoms with Crippen LogP contribution in [0.2, 0.25) is 0 Å². The normalized spacial score (nSPS) is 19.4.